The van der Waals surface area contributed by atoms with Crippen molar-refractivity contribution in [2.45, 2.75) is 6.18 Å². The van der Waals surface area contributed by atoms with E-state index in [1.807, 2.05) is 0 Å². The second-order valence-corrected chi connectivity index (χ2v) is 6.20. The summed E-state index contributed by atoms with van der Waals surface area (Å²) in [7, 11) is 0. The smallest absolute Gasteiger partial charge is 0.433 e. The SMILES string of the molecule is O=C(Nc1cccc(Cl)c1)c1cc2nc(-c3ccco3)cc(C(F)(F)F)n2n1. The molecule has 28 heavy (non-hydrogen) atoms. The lowest BCUT2D eigenvalue weighted by atomic mass is 10.2. The molecule has 0 bridgehead atoms. The van der Waals surface area contributed by atoms with E-state index in [9.17, 15) is 18.0 Å². The maximum absolute atomic E-state index is 13.5. The van der Waals surface area contributed by atoms with Crippen LogP contribution in [-0.2, 0) is 6.18 Å². The summed E-state index contributed by atoms with van der Waals surface area (Å²) in [5.41, 5.74) is -1.08. The van der Waals surface area contributed by atoms with Gasteiger partial charge in [0, 0.05) is 16.8 Å². The van der Waals surface area contributed by atoms with E-state index in [0.717, 1.165) is 6.07 Å². The van der Waals surface area contributed by atoms with E-state index < -0.39 is 17.8 Å². The van der Waals surface area contributed by atoms with Crippen LogP contribution in [-0.4, -0.2) is 20.5 Å². The van der Waals surface area contributed by atoms with Crippen LogP contribution < -0.4 is 5.32 Å². The molecule has 0 aliphatic rings. The molecule has 0 fully saturated rings. The molecule has 1 amide bonds. The van der Waals surface area contributed by atoms with Gasteiger partial charge in [0.1, 0.15) is 5.69 Å². The molecular weight excluding hydrogens is 397 g/mol. The number of hydrogen-bond acceptors (Lipinski definition) is 4. The Morgan fingerprint density at radius 1 is 1.14 bits per heavy atom. The number of alkyl halides is 3. The van der Waals surface area contributed by atoms with Crippen molar-refractivity contribution in [2.75, 3.05) is 5.32 Å². The number of benzene rings is 1. The lowest BCUT2D eigenvalue weighted by Gasteiger charge is -2.09. The van der Waals surface area contributed by atoms with Crippen LogP contribution >= 0.6 is 11.6 Å². The topological polar surface area (TPSA) is 72.4 Å². The Morgan fingerprint density at radius 3 is 2.64 bits per heavy atom. The van der Waals surface area contributed by atoms with E-state index in [0.29, 0.717) is 15.2 Å². The van der Waals surface area contributed by atoms with Gasteiger partial charge in [0.25, 0.3) is 5.91 Å². The number of nitrogens with zero attached hydrogens (tertiary/aromatic N) is 3. The maximum atomic E-state index is 13.5. The first kappa shape index (κ1) is 18.1. The van der Waals surface area contributed by atoms with Crippen LogP contribution in [0.25, 0.3) is 17.1 Å². The van der Waals surface area contributed by atoms with Crippen molar-refractivity contribution in [1.29, 1.82) is 0 Å². The van der Waals surface area contributed by atoms with Gasteiger partial charge in [-0.05, 0) is 36.4 Å². The second kappa shape index (κ2) is 6.68. The lowest BCUT2D eigenvalue weighted by Crippen LogP contribution is -2.15. The first-order valence-electron chi connectivity index (χ1n) is 7.90. The van der Waals surface area contributed by atoms with Crippen LogP contribution in [0.4, 0.5) is 18.9 Å². The van der Waals surface area contributed by atoms with Gasteiger partial charge in [0.15, 0.2) is 22.8 Å². The minimum atomic E-state index is -4.71. The fourth-order valence-corrected chi connectivity index (χ4v) is 2.79. The van der Waals surface area contributed by atoms with E-state index >= 15 is 0 Å². The van der Waals surface area contributed by atoms with E-state index in [2.05, 4.69) is 15.4 Å². The third-order valence-corrected chi connectivity index (χ3v) is 4.04. The molecule has 0 saturated heterocycles. The first-order valence-corrected chi connectivity index (χ1v) is 8.28. The Labute approximate surface area is 160 Å². The predicted octanol–water partition coefficient (Wildman–Crippen LogP) is 4.91. The zero-order valence-electron chi connectivity index (χ0n) is 13.9. The van der Waals surface area contributed by atoms with Gasteiger partial charge in [-0.1, -0.05) is 17.7 Å². The van der Waals surface area contributed by atoms with Crippen LogP contribution in [0.15, 0.2) is 59.2 Å². The Hall–Kier alpha value is -3.33. The molecule has 0 aliphatic carbocycles. The number of carbonyl (C=O) groups excluding carboxylic acids is 1. The highest BCUT2D eigenvalue weighted by Crippen LogP contribution is 2.32. The number of aromatic nitrogens is 3. The number of fused-ring (bicyclic) bond motifs is 1. The monoisotopic (exact) mass is 406 g/mol. The Morgan fingerprint density at radius 2 is 1.96 bits per heavy atom. The van der Waals surface area contributed by atoms with Gasteiger partial charge in [-0.3, -0.25) is 4.79 Å². The number of halogens is 4. The predicted molar refractivity (Wildman–Crippen MR) is 95.1 cm³/mol. The fourth-order valence-electron chi connectivity index (χ4n) is 2.60. The second-order valence-electron chi connectivity index (χ2n) is 5.77. The van der Waals surface area contributed by atoms with E-state index in [-0.39, 0.29) is 22.8 Å². The largest absolute Gasteiger partial charge is 0.463 e. The van der Waals surface area contributed by atoms with Gasteiger partial charge in [0.05, 0.1) is 6.26 Å². The van der Waals surface area contributed by atoms with Crippen molar-refractivity contribution in [3.8, 4) is 11.5 Å². The summed E-state index contributed by atoms with van der Waals surface area (Å²) in [4.78, 5) is 16.5. The molecule has 10 heteroatoms. The van der Waals surface area contributed by atoms with Gasteiger partial charge in [0.2, 0.25) is 0 Å². The van der Waals surface area contributed by atoms with Gasteiger partial charge in [-0.2, -0.15) is 18.3 Å². The molecule has 142 valence electrons. The lowest BCUT2D eigenvalue weighted by molar-refractivity contribution is -0.142. The molecule has 0 unspecified atom stereocenters. The van der Waals surface area contributed by atoms with Gasteiger partial charge >= 0.3 is 6.18 Å². The minimum Gasteiger partial charge on any atom is -0.463 e. The summed E-state index contributed by atoms with van der Waals surface area (Å²) in [5.74, 6) is -0.528. The molecule has 0 saturated carbocycles. The Balaban J connectivity index is 1.78. The summed E-state index contributed by atoms with van der Waals surface area (Å²) < 4.78 is 46.2. The minimum absolute atomic E-state index is 0.0217. The van der Waals surface area contributed by atoms with Crippen molar-refractivity contribution in [2.24, 2.45) is 0 Å². The quantitative estimate of drug-likeness (QED) is 0.524. The van der Waals surface area contributed by atoms with Crippen molar-refractivity contribution >= 4 is 28.8 Å². The van der Waals surface area contributed by atoms with Crippen LogP contribution in [0.2, 0.25) is 5.02 Å². The number of nitrogens with one attached hydrogen (secondary N) is 1. The van der Waals surface area contributed by atoms with Crippen molar-refractivity contribution in [1.82, 2.24) is 14.6 Å². The van der Waals surface area contributed by atoms with Crippen LogP contribution in [0.5, 0.6) is 0 Å². The van der Waals surface area contributed by atoms with Gasteiger partial charge in [-0.25, -0.2) is 9.50 Å². The number of carbonyl (C=O) groups is 1. The number of hydrogen-bond donors (Lipinski definition) is 1. The summed E-state index contributed by atoms with van der Waals surface area (Å²) in [6.07, 6.45) is -3.38. The zero-order valence-corrected chi connectivity index (χ0v) is 14.6. The van der Waals surface area contributed by atoms with Gasteiger partial charge in [-0.15, -0.1) is 0 Å². The number of amides is 1. The van der Waals surface area contributed by atoms with Gasteiger partial charge < -0.3 is 9.73 Å². The third kappa shape index (κ3) is 3.44. The number of anilines is 1. The average molecular weight is 407 g/mol. The highest BCUT2D eigenvalue weighted by molar-refractivity contribution is 6.30. The highest BCUT2D eigenvalue weighted by Gasteiger charge is 2.36. The summed E-state index contributed by atoms with van der Waals surface area (Å²) in [5, 5.41) is 6.71. The molecular formula is C18H10ClF3N4O2. The molecule has 6 nitrogen and oxygen atoms in total. The molecule has 0 radical (unpaired) electrons. The van der Waals surface area contributed by atoms with Crippen molar-refractivity contribution < 1.29 is 22.4 Å². The number of rotatable bonds is 3. The third-order valence-electron chi connectivity index (χ3n) is 3.81. The summed E-state index contributed by atoms with van der Waals surface area (Å²) in [6, 6.07) is 11.4. The molecule has 4 aromatic rings. The highest BCUT2D eigenvalue weighted by atomic mass is 35.5. The maximum Gasteiger partial charge on any atom is 0.433 e. The zero-order chi connectivity index (χ0) is 19.9. The van der Waals surface area contributed by atoms with E-state index in [1.54, 1.807) is 18.2 Å². The molecule has 1 N–H and O–H groups in total. The average Bonchev–Trinajstić information content (AvgIpc) is 3.29. The Kier molecular flexibility index (Phi) is 4.31. The number of furan rings is 1. The first-order chi connectivity index (χ1) is 13.3. The standard InChI is InChI=1S/C18H10ClF3N4O2/c19-10-3-1-4-11(7-10)23-17(27)13-9-16-24-12(14-5-2-6-28-14)8-15(18(20,21)22)26(16)25-13/h1-9H,(H,23,27). The van der Waals surface area contributed by atoms with E-state index in [1.165, 1.54) is 30.5 Å². The normalized spacial score (nSPS) is 11.7. The van der Waals surface area contributed by atoms with Crippen molar-refractivity contribution in [3.05, 3.63) is 71.2 Å². The summed E-state index contributed by atoms with van der Waals surface area (Å²) in [6.45, 7) is 0. The molecule has 4 rings (SSSR count). The molecule has 0 spiro atoms. The van der Waals surface area contributed by atoms with Crippen LogP contribution in [0.3, 0.4) is 0 Å². The Bertz CT molecular complexity index is 1170. The molecule has 1 aromatic carbocycles. The summed E-state index contributed by atoms with van der Waals surface area (Å²) >= 11 is 5.86. The molecule has 3 heterocycles. The van der Waals surface area contributed by atoms with Crippen LogP contribution in [0.1, 0.15) is 16.2 Å². The molecule has 0 atom stereocenters. The fraction of sp³-hybridized carbons (Fsp3) is 0.0556. The molecule has 3 aromatic heterocycles. The van der Waals surface area contributed by atoms with Crippen LogP contribution in [0, 0.1) is 0 Å². The molecule has 0 aliphatic heterocycles. The van der Waals surface area contributed by atoms with E-state index in [4.69, 9.17) is 16.0 Å². The van der Waals surface area contributed by atoms with Crippen molar-refractivity contribution in [3.63, 3.8) is 0 Å².